The summed E-state index contributed by atoms with van der Waals surface area (Å²) in [6, 6.07) is 17.3. The Morgan fingerprint density at radius 1 is 1.17 bits per heavy atom. The average Bonchev–Trinajstić information content (AvgIpc) is 3.37. The zero-order chi connectivity index (χ0) is 19.8. The van der Waals surface area contributed by atoms with E-state index in [1.165, 1.54) is 0 Å². The maximum atomic E-state index is 13.1. The van der Waals surface area contributed by atoms with Crippen LogP contribution in [-0.2, 0) is 13.0 Å². The number of benzene rings is 1. The zero-order valence-electron chi connectivity index (χ0n) is 16.1. The number of hydrogen-bond acceptors (Lipinski definition) is 4. The number of para-hydroxylation sites is 1. The Morgan fingerprint density at radius 3 is 2.83 bits per heavy atom. The minimum absolute atomic E-state index is 0.0665. The molecule has 1 unspecified atom stereocenters. The molecule has 5 rings (SSSR count). The molecule has 7 heteroatoms. The normalized spacial score (nSPS) is 14.6. The molecule has 1 N–H and O–H groups in total. The summed E-state index contributed by atoms with van der Waals surface area (Å²) in [6.07, 6.45) is 2.36. The van der Waals surface area contributed by atoms with Crippen molar-refractivity contribution in [2.24, 2.45) is 0 Å². The Hall–Kier alpha value is -3.61. The SMILES string of the molecule is CC(Oc1ccccc1)c1n[nH]c2c1CN(C(=O)c1cc3ccccn3n1)CC2. The summed E-state index contributed by atoms with van der Waals surface area (Å²) >= 11 is 0. The second-order valence-electron chi connectivity index (χ2n) is 7.22. The molecule has 0 spiro atoms. The van der Waals surface area contributed by atoms with Crippen LogP contribution in [-0.4, -0.2) is 37.2 Å². The molecule has 0 radical (unpaired) electrons. The van der Waals surface area contributed by atoms with Gasteiger partial charge >= 0.3 is 0 Å². The fraction of sp³-hybridized carbons (Fsp3) is 0.227. The van der Waals surface area contributed by atoms with Crippen LogP contribution in [0.25, 0.3) is 5.52 Å². The summed E-state index contributed by atoms with van der Waals surface area (Å²) in [5.74, 6) is 0.730. The molecular weight excluding hydrogens is 366 g/mol. The lowest BCUT2D eigenvalue weighted by molar-refractivity contribution is 0.0726. The minimum atomic E-state index is -0.220. The third-order valence-corrected chi connectivity index (χ3v) is 5.28. The first kappa shape index (κ1) is 17.5. The van der Waals surface area contributed by atoms with Crippen molar-refractivity contribution in [3.63, 3.8) is 0 Å². The summed E-state index contributed by atoms with van der Waals surface area (Å²) in [5, 5.41) is 12.0. The third-order valence-electron chi connectivity index (χ3n) is 5.28. The fourth-order valence-electron chi connectivity index (χ4n) is 3.79. The number of H-pyrrole nitrogens is 1. The van der Waals surface area contributed by atoms with Crippen LogP contribution in [0.2, 0.25) is 0 Å². The van der Waals surface area contributed by atoms with E-state index < -0.39 is 0 Å². The van der Waals surface area contributed by atoms with Gasteiger partial charge in [0.25, 0.3) is 5.91 Å². The highest BCUT2D eigenvalue weighted by Crippen LogP contribution is 2.28. The molecule has 3 aromatic heterocycles. The molecule has 4 aromatic rings. The van der Waals surface area contributed by atoms with E-state index in [1.54, 1.807) is 4.52 Å². The van der Waals surface area contributed by atoms with Crippen LogP contribution in [0.15, 0.2) is 60.8 Å². The largest absolute Gasteiger partial charge is 0.484 e. The number of carbonyl (C=O) groups is 1. The van der Waals surface area contributed by atoms with Crippen LogP contribution >= 0.6 is 0 Å². The number of aromatic nitrogens is 4. The molecule has 1 amide bonds. The lowest BCUT2D eigenvalue weighted by atomic mass is 10.0. The van der Waals surface area contributed by atoms with E-state index in [-0.39, 0.29) is 12.0 Å². The Bertz CT molecular complexity index is 1130. The van der Waals surface area contributed by atoms with Gasteiger partial charge in [-0.25, -0.2) is 4.52 Å². The van der Waals surface area contributed by atoms with Crippen LogP contribution < -0.4 is 4.74 Å². The van der Waals surface area contributed by atoms with Gasteiger partial charge < -0.3 is 9.64 Å². The van der Waals surface area contributed by atoms with Crippen molar-refractivity contribution >= 4 is 11.4 Å². The average molecular weight is 387 g/mol. The molecule has 146 valence electrons. The molecule has 1 aromatic carbocycles. The Labute approximate surface area is 167 Å². The first-order valence-electron chi connectivity index (χ1n) is 9.70. The summed E-state index contributed by atoms with van der Waals surface area (Å²) in [4.78, 5) is 14.9. The highest BCUT2D eigenvalue weighted by atomic mass is 16.5. The molecule has 1 aliphatic rings. The number of nitrogens with one attached hydrogen (secondary N) is 1. The van der Waals surface area contributed by atoms with Crippen LogP contribution in [0.1, 0.15) is 40.5 Å². The monoisotopic (exact) mass is 387 g/mol. The number of rotatable bonds is 4. The molecule has 0 fully saturated rings. The molecular formula is C22H21N5O2. The number of hydrogen-bond donors (Lipinski definition) is 1. The molecule has 4 heterocycles. The number of carbonyl (C=O) groups excluding carboxylic acids is 1. The summed E-state index contributed by atoms with van der Waals surface area (Å²) in [7, 11) is 0. The van der Waals surface area contributed by atoms with Crippen molar-refractivity contribution in [3.8, 4) is 5.75 Å². The van der Waals surface area contributed by atoms with Gasteiger partial charge in [-0.2, -0.15) is 10.2 Å². The first-order chi connectivity index (χ1) is 14.2. The van der Waals surface area contributed by atoms with E-state index >= 15 is 0 Å². The van der Waals surface area contributed by atoms with Crippen molar-refractivity contribution in [2.75, 3.05) is 6.54 Å². The van der Waals surface area contributed by atoms with Crippen molar-refractivity contribution in [3.05, 3.63) is 83.4 Å². The highest BCUT2D eigenvalue weighted by molar-refractivity contribution is 5.93. The number of ether oxygens (including phenoxy) is 1. The second kappa shape index (κ2) is 7.09. The van der Waals surface area contributed by atoms with Crippen molar-refractivity contribution in [2.45, 2.75) is 26.0 Å². The minimum Gasteiger partial charge on any atom is -0.484 e. The summed E-state index contributed by atoms with van der Waals surface area (Å²) in [5.41, 5.74) is 4.32. The summed E-state index contributed by atoms with van der Waals surface area (Å²) in [6.45, 7) is 3.11. The number of nitrogens with zero attached hydrogens (tertiary/aromatic N) is 4. The van der Waals surface area contributed by atoms with E-state index in [0.717, 1.165) is 34.6 Å². The molecule has 7 nitrogen and oxygen atoms in total. The zero-order valence-corrected chi connectivity index (χ0v) is 16.1. The Balaban J connectivity index is 1.37. The van der Waals surface area contributed by atoms with E-state index in [2.05, 4.69) is 15.3 Å². The highest BCUT2D eigenvalue weighted by Gasteiger charge is 2.29. The summed E-state index contributed by atoms with van der Waals surface area (Å²) < 4.78 is 7.77. The lowest BCUT2D eigenvalue weighted by Gasteiger charge is -2.27. The van der Waals surface area contributed by atoms with Gasteiger partial charge in [-0.3, -0.25) is 9.89 Å². The van der Waals surface area contributed by atoms with Gasteiger partial charge in [-0.15, -0.1) is 0 Å². The van der Waals surface area contributed by atoms with Gasteiger partial charge in [-0.05, 0) is 37.3 Å². The Kier molecular flexibility index (Phi) is 4.27. The number of fused-ring (bicyclic) bond motifs is 2. The van der Waals surface area contributed by atoms with Crippen LogP contribution in [0.4, 0.5) is 0 Å². The van der Waals surface area contributed by atoms with Gasteiger partial charge in [0.1, 0.15) is 17.5 Å². The topological polar surface area (TPSA) is 75.5 Å². The van der Waals surface area contributed by atoms with Gasteiger partial charge in [0, 0.05) is 37.0 Å². The smallest absolute Gasteiger partial charge is 0.274 e. The maximum Gasteiger partial charge on any atom is 0.274 e. The van der Waals surface area contributed by atoms with Crippen LogP contribution in [0.5, 0.6) is 5.75 Å². The first-order valence-corrected chi connectivity index (χ1v) is 9.70. The van der Waals surface area contributed by atoms with Gasteiger partial charge in [-0.1, -0.05) is 24.3 Å². The van der Waals surface area contributed by atoms with Crippen molar-refractivity contribution in [1.82, 2.24) is 24.7 Å². The molecule has 0 saturated carbocycles. The lowest BCUT2D eigenvalue weighted by Crippen LogP contribution is -2.36. The Morgan fingerprint density at radius 2 is 2.00 bits per heavy atom. The van der Waals surface area contributed by atoms with Crippen LogP contribution in [0.3, 0.4) is 0 Å². The fourth-order valence-corrected chi connectivity index (χ4v) is 3.79. The van der Waals surface area contributed by atoms with Gasteiger partial charge in [0.2, 0.25) is 0 Å². The van der Waals surface area contributed by atoms with E-state index in [4.69, 9.17) is 4.74 Å². The predicted octanol–water partition coefficient (Wildman–Crippen LogP) is 3.40. The maximum absolute atomic E-state index is 13.1. The molecule has 1 atom stereocenters. The van der Waals surface area contributed by atoms with Gasteiger partial charge in [0.15, 0.2) is 5.69 Å². The molecule has 0 saturated heterocycles. The molecule has 1 aliphatic heterocycles. The van der Waals surface area contributed by atoms with E-state index in [1.807, 2.05) is 72.6 Å². The third kappa shape index (κ3) is 3.24. The van der Waals surface area contributed by atoms with Crippen molar-refractivity contribution in [1.29, 1.82) is 0 Å². The predicted molar refractivity (Wildman–Crippen MR) is 108 cm³/mol. The quantitative estimate of drug-likeness (QED) is 0.582. The van der Waals surface area contributed by atoms with E-state index in [0.29, 0.717) is 18.8 Å². The molecule has 0 aliphatic carbocycles. The number of aromatic amines is 1. The molecule has 0 bridgehead atoms. The second-order valence-corrected chi connectivity index (χ2v) is 7.22. The van der Waals surface area contributed by atoms with Crippen molar-refractivity contribution < 1.29 is 9.53 Å². The van der Waals surface area contributed by atoms with Gasteiger partial charge in [0.05, 0.1) is 5.52 Å². The number of pyridine rings is 1. The molecule has 29 heavy (non-hydrogen) atoms. The number of amides is 1. The van der Waals surface area contributed by atoms with E-state index in [9.17, 15) is 4.79 Å². The standard InChI is InChI=1S/C22H21N5O2/c1-15(29-17-8-3-2-4-9-17)21-18-14-26(12-10-19(18)23-24-21)22(28)20-13-16-7-5-6-11-27(16)25-20/h2-9,11,13,15H,10,12,14H2,1H3,(H,23,24). The van der Waals surface area contributed by atoms with Crippen LogP contribution in [0, 0.1) is 0 Å².